The molecule has 1 saturated carbocycles. The van der Waals surface area contributed by atoms with Crippen molar-refractivity contribution in [1.29, 1.82) is 0 Å². The normalized spacial score (nSPS) is 21.2. The Balaban J connectivity index is 1.23. The molecule has 150 valence electrons. The molecule has 30 heavy (non-hydrogen) atoms. The van der Waals surface area contributed by atoms with E-state index in [1.807, 2.05) is 30.3 Å². The number of carbonyl (C=O) groups is 2. The highest BCUT2D eigenvalue weighted by Gasteiger charge is 2.51. The van der Waals surface area contributed by atoms with Gasteiger partial charge >= 0.3 is 0 Å². The van der Waals surface area contributed by atoms with Gasteiger partial charge in [0.1, 0.15) is 17.2 Å². The van der Waals surface area contributed by atoms with E-state index in [4.69, 9.17) is 4.42 Å². The lowest BCUT2D eigenvalue weighted by molar-refractivity contribution is -0.123. The second-order valence-corrected chi connectivity index (χ2v) is 8.42. The van der Waals surface area contributed by atoms with Crippen LogP contribution in [0, 0.1) is 0 Å². The number of hydrogen-bond donors (Lipinski definition) is 2. The van der Waals surface area contributed by atoms with Crippen molar-refractivity contribution >= 4 is 40.2 Å². The van der Waals surface area contributed by atoms with E-state index in [1.165, 1.54) is 0 Å². The molecule has 0 bridgehead atoms. The zero-order valence-corrected chi connectivity index (χ0v) is 16.4. The molecule has 0 saturated heterocycles. The van der Waals surface area contributed by atoms with Gasteiger partial charge < -0.3 is 15.1 Å². The van der Waals surface area contributed by atoms with Gasteiger partial charge in [0, 0.05) is 23.6 Å². The van der Waals surface area contributed by atoms with Gasteiger partial charge in [-0.1, -0.05) is 18.6 Å². The standard InChI is InChI=1S/C24H21N3O3/c28-18(17-7-9-20-21(26-17)15-4-1-2-5-19(15)30-20)8-6-14-12-16-22(25-13-14)27-23(29)24(16)10-3-11-24/h1-2,4-6,8,12-13,17,26H,3,7,9-11H2,(H,25,27,29)/b8-6+. The number of para-hydroxylation sites is 1. The van der Waals surface area contributed by atoms with Crippen LogP contribution in [0.5, 0.6) is 0 Å². The monoisotopic (exact) mass is 399 g/mol. The van der Waals surface area contributed by atoms with Crippen LogP contribution in [0.1, 0.15) is 42.6 Å². The van der Waals surface area contributed by atoms with Crippen molar-refractivity contribution in [3.63, 3.8) is 0 Å². The van der Waals surface area contributed by atoms with Gasteiger partial charge in [-0.15, -0.1) is 0 Å². The molecule has 1 unspecified atom stereocenters. The van der Waals surface area contributed by atoms with E-state index in [9.17, 15) is 9.59 Å². The van der Waals surface area contributed by atoms with Gasteiger partial charge in [-0.05, 0) is 55.2 Å². The number of aromatic nitrogens is 1. The molecule has 6 nitrogen and oxygen atoms in total. The summed E-state index contributed by atoms with van der Waals surface area (Å²) in [6.45, 7) is 0. The van der Waals surface area contributed by atoms with E-state index in [0.29, 0.717) is 12.2 Å². The predicted molar refractivity (Wildman–Crippen MR) is 114 cm³/mol. The van der Waals surface area contributed by atoms with Crippen molar-refractivity contribution < 1.29 is 14.0 Å². The summed E-state index contributed by atoms with van der Waals surface area (Å²) in [5.74, 6) is 1.66. The topological polar surface area (TPSA) is 84.2 Å². The fourth-order valence-electron chi connectivity index (χ4n) is 4.87. The Bertz CT molecular complexity index is 1240. The Morgan fingerprint density at radius 3 is 2.97 bits per heavy atom. The Morgan fingerprint density at radius 1 is 1.27 bits per heavy atom. The first-order chi connectivity index (χ1) is 14.6. The number of anilines is 2. The van der Waals surface area contributed by atoms with Crippen molar-refractivity contribution in [2.24, 2.45) is 0 Å². The molecule has 3 aromatic rings. The van der Waals surface area contributed by atoms with E-state index in [1.54, 1.807) is 18.3 Å². The highest BCUT2D eigenvalue weighted by Crippen LogP contribution is 2.50. The summed E-state index contributed by atoms with van der Waals surface area (Å²) in [6, 6.07) is 9.60. The third-order valence-corrected chi connectivity index (χ3v) is 6.73. The number of aryl methyl sites for hydroxylation is 1. The molecule has 1 atom stereocenters. The minimum atomic E-state index is -0.403. The summed E-state index contributed by atoms with van der Waals surface area (Å²) in [5.41, 5.74) is 3.18. The average Bonchev–Trinajstić information content (AvgIpc) is 3.25. The molecule has 1 spiro atoms. The minimum Gasteiger partial charge on any atom is -0.459 e. The van der Waals surface area contributed by atoms with Crippen LogP contribution in [-0.2, 0) is 21.4 Å². The van der Waals surface area contributed by atoms with Gasteiger partial charge in [0.2, 0.25) is 5.91 Å². The molecule has 2 aromatic heterocycles. The summed E-state index contributed by atoms with van der Waals surface area (Å²) >= 11 is 0. The van der Waals surface area contributed by atoms with E-state index in [-0.39, 0.29) is 17.7 Å². The third kappa shape index (κ3) is 2.46. The highest BCUT2D eigenvalue weighted by atomic mass is 16.3. The minimum absolute atomic E-state index is 0.0268. The number of amides is 1. The number of furan rings is 1. The molecule has 1 fully saturated rings. The van der Waals surface area contributed by atoms with Crippen molar-refractivity contribution in [2.45, 2.75) is 43.6 Å². The lowest BCUT2D eigenvalue weighted by Crippen LogP contribution is -2.40. The van der Waals surface area contributed by atoms with Gasteiger partial charge in [0.25, 0.3) is 0 Å². The largest absolute Gasteiger partial charge is 0.459 e. The molecule has 1 aliphatic carbocycles. The van der Waals surface area contributed by atoms with Crippen LogP contribution in [0.4, 0.5) is 11.5 Å². The van der Waals surface area contributed by atoms with Crippen LogP contribution in [-0.4, -0.2) is 22.7 Å². The maximum Gasteiger partial charge on any atom is 0.236 e. The highest BCUT2D eigenvalue weighted by molar-refractivity contribution is 6.06. The third-order valence-electron chi connectivity index (χ3n) is 6.73. The Kier molecular flexibility index (Phi) is 3.66. The molecule has 1 amide bonds. The maximum absolute atomic E-state index is 12.9. The molecule has 4 heterocycles. The Labute approximate surface area is 173 Å². The number of benzene rings is 1. The molecular weight excluding hydrogens is 378 g/mol. The Hall–Kier alpha value is -3.41. The lowest BCUT2D eigenvalue weighted by Gasteiger charge is -2.35. The summed E-state index contributed by atoms with van der Waals surface area (Å²) < 4.78 is 5.90. The van der Waals surface area contributed by atoms with Crippen LogP contribution < -0.4 is 10.6 Å². The van der Waals surface area contributed by atoms with Gasteiger partial charge in [-0.25, -0.2) is 4.98 Å². The number of rotatable bonds is 3. The van der Waals surface area contributed by atoms with Crippen molar-refractivity contribution in [1.82, 2.24) is 4.98 Å². The average molecular weight is 399 g/mol. The summed E-state index contributed by atoms with van der Waals surface area (Å²) in [4.78, 5) is 29.6. The molecule has 6 rings (SSSR count). The number of nitrogens with one attached hydrogen (secondary N) is 2. The zero-order valence-electron chi connectivity index (χ0n) is 16.4. The van der Waals surface area contributed by atoms with Crippen molar-refractivity contribution in [2.75, 3.05) is 10.6 Å². The van der Waals surface area contributed by atoms with E-state index < -0.39 is 5.41 Å². The van der Waals surface area contributed by atoms with Gasteiger partial charge in [-0.3, -0.25) is 9.59 Å². The fraction of sp³-hybridized carbons (Fsp3) is 0.292. The van der Waals surface area contributed by atoms with E-state index in [2.05, 4.69) is 15.6 Å². The van der Waals surface area contributed by atoms with Gasteiger partial charge in [-0.2, -0.15) is 0 Å². The maximum atomic E-state index is 12.9. The second-order valence-electron chi connectivity index (χ2n) is 8.42. The Morgan fingerprint density at radius 2 is 2.13 bits per heavy atom. The first-order valence-corrected chi connectivity index (χ1v) is 10.4. The van der Waals surface area contributed by atoms with Gasteiger partial charge in [0.15, 0.2) is 5.78 Å². The van der Waals surface area contributed by atoms with Gasteiger partial charge in [0.05, 0.1) is 17.1 Å². The van der Waals surface area contributed by atoms with Crippen LogP contribution in [0.2, 0.25) is 0 Å². The molecular formula is C24H21N3O3. The summed E-state index contributed by atoms with van der Waals surface area (Å²) in [7, 11) is 0. The quantitative estimate of drug-likeness (QED) is 0.645. The molecule has 3 aliphatic rings. The zero-order chi connectivity index (χ0) is 20.3. The smallest absolute Gasteiger partial charge is 0.236 e. The van der Waals surface area contributed by atoms with Crippen LogP contribution >= 0.6 is 0 Å². The number of nitrogens with zero attached hydrogens (tertiary/aromatic N) is 1. The van der Waals surface area contributed by atoms with Crippen molar-refractivity contribution in [3.8, 4) is 0 Å². The summed E-state index contributed by atoms with van der Waals surface area (Å²) in [5, 5.41) is 7.28. The van der Waals surface area contributed by atoms with E-state index >= 15 is 0 Å². The molecule has 2 N–H and O–H groups in total. The van der Waals surface area contributed by atoms with Crippen LogP contribution in [0.3, 0.4) is 0 Å². The first-order valence-electron chi connectivity index (χ1n) is 10.4. The molecule has 6 heteroatoms. The second kappa shape index (κ2) is 6.29. The van der Waals surface area contributed by atoms with Crippen molar-refractivity contribution in [3.05, 3.63) is 59.5 Å². The molecule has 0 radical (unpaired) electrons. The molecule has 2 aliphatic heterocycles. The number of ketones is 1. The molecule has 1 aromatic carbocycles. The fourth-order valence-corrected chi connectivity index (χ4v) is 4.87. The van der Waals surface area contributed by atoms with E-state index in [0.717, 1.165) is 59.2 Å². The first kappa shape index (κ1) is 17.4. The summed E-state index contributed by atoms with van der Waals surface area (Å²) in [6.07, 6.45) is 9.35. The predicted octanol–water partition coefficient (Wildman–Crippen LogP) is 4.21. The number of hydrogen-bond acceptors (Lipinski definition) is 5. The lowest BCUT2D eigenvalue weighted by atomic mass is 9.65. The van der Waals surface area contributed by atoms with Crippen LogP contribution in [0.15, 0.2) is 47.0 Å². The van der Waals surface area contributed by atoms with Crippen LogP contribution in [0.25, 0.3) is 17.0 Å². The number of carbonyl (C=O) groups excluding carboxylic acids is 2. The SMILES string of the molecule is O=C(/C=C/c1cnc2c(c1)C1(CCC1)C(=O)N2)C1CCc2oc3ccccc3c2N1. The number of fused-ring (bicyclic) bond motifs is 5. The number of pyridine rings is 1.